The molecule has 0 aromatic rings. The van der Waals surface area contributed by atoms with Gasteiger partial charge in [0.05, 0.1) is 5.92 Å². The number of ether oxygens (including phenoxy) is 4. The number of allylic oxidation sites excluding steroid dienone is 1. The first-order valence-electron chi connectivity index (χ1n) is 11.3. The molecule has 1 unspecified atom stereocenters. The summed E-state index contributed by atoms with van der Waals surface area (Å²) in [6.45, 7) is 13.9. The van der Waals surface area contributed by atoms with Crippen LogP contribution in [0, 0.1) is 34.5 Å². The molecule has 0 aromatic carbocycles. The summed E-state index contributed by atoms with van der Waals surface area (Å²) in [6.07, 6.45) is 2.22. The normalized spacial score (nSPS) is 43.6. The Labute approximate surface area is 183 Å². The van der Waals surface area contributed by atoms with Crippen molar-refractivity contribution in [2.45, 2.75) is 85.4 Å². The summed E-state index contributed by atoms with van der Waals surface area (Å²) in [5.74, 6) is -1.92. The maximum Gasteiger partial charge on any atom is 0.350 e. The molecule has 7 heteroatoms. The van der Waals surface area contributed by atoms with Gasteiger partial charge in [-0.15, -0.1) is 0 Å². The highest BCUT2D eigenvalue weighted by Crippen LogP contribution is 2.66. The minimum Gasteiger partial charge on any atom is -0.450 e. The van der Waals surface area contributed by atoms with Gasteiger partial charge in [-0.2, -0.15) is 0 Å². The van der Waals surface area contributed by atoms with Gasteiger partial charge in [-0.05, 0) is 54.8 Å². The lowest BCUT2D eigenvalue weighted by Crippen LogP contribution is -2.54. The third kappa shape index (κ3) is 3.59. The zero-order chi connectivity index (χ0) is 22.7. The molecule has 7 nitrogen and oxygen atoms in total. The van der Waals surface area contributed by atoms with Crippen LogP contribution in [-0.4, -0.2) is 36.6 Å². The van der Waals surface area contributed by atoms with Crippen molar-refractivity contribution in [1.82, 2.24) is 0 Å². The quantitative estimate of drug-likeness (QED) is 0.380. The molecule has 8 atom stereocenters. The standard InChI is InChI=1S/C24H34O7/c1-12-8-7-10-23(4,5)15-9-11-24(6,17(12)15)18-16-19(28-13(2)25)20(27)30-22(18)31-21(16)29-14(3)26/h15-19,21-22H,1,7-11H2,2-6H3/t15-,16+,17-,18?,19+,21-,22-,24-/m1/s1. The van der Waals surface area contributed by atoms with Gasteiger partial charge in [0.15, 0.2) is 0 Å². The zero-order valence-electron chi connectivity index (χ0n) is 19.1. The van der Waals surface area contributed by atoms with Crippen molar-refractivity contribution >= 4 is 17.9 Å². The summed E-state index contributed by atoms with van der Waals surface area (Å²) < 4.78 is 22.4. The predicted molar refractivity (Wildman–Crippen MR) is 110 cm³/mol. The fourth-order valence-electron chi connectivity index (χ4n) is 7.08. The van der Waals surface area contributed by atoms with Gasteiger partial charge in [0.25, 0.3) is 0 Å². The van der Waals surface area contributed by atoms with E-state index in [9.17, 15) is 14.4 Å². The second kappa shape index (κ2) is 7.61. The lowest BCUT2D eigenvalue weighted by molar-refractivity contribution is -0.219. The van der Waals surface area contributed by atoms with Crippen LogP contribution < -0.4 is 0 Å². The van der Waals surface area contributed by atoms with Crippen LogP contribution in [0.1, 0.15) is 66.7 Å². The van der Waals surface area contributed by atoms with Gasteiger partial charge in [0.1, 0.15) is 0 Å². The van der Waals surface area contributed by atoms with Crippen molar-refractivity contribution < 1.29 is 33.3 Å². The summed E-state index contributed by atoms with van der Waals surface area (Å²) in [4.78, 5) is 36.2. The Hall–Kier alpha value is -1.89. The second-order valence-electron chi connectivity index (χ2n) is 10.7. The van der Waals surface area contributed by atoms with E-state index in [1.54, 1.807) is 0 Å². The number of rotatable bonds is 3. The Morgan fingerprint density at radius 2 is 1.77 bits per heavy atom. The van der Waals surface area contributed by atoms with Gasteiger partial charge >= 0.3 is 17.9 Å². The third-order valence-electron chi connectivity index (χ3n) is 8.31. The average molecular weight is 435 g/mol. The number of hydrogen-bond donors (Lipinski definition) is 0. The van der Waals surface area contributed by atoms with Gasteiger partial charge in [-0.1, -0.05) is 32.9 Å². The van der Waals surface area contributed by atoms with Crippen LogP contribution >= 0.6 is 0 Å². The molecule has 0 aromatic heterocycles. The summed E-state index contributed by atoms with van der Waals surface area (Å²) in [7, 11) is 0. The fraction of sp³-hybridized carbons (Fsp3) is 0.792. The molecule has 4 aliphatic rings. The molecule has 0 radical (unpaired) electrons. The summed E-state index contributed by atoms with van der Waals surface area (Å²) in [5.41, 5.74) is 1.13. The van der Waals surface area contributed by atoms with Crippen molar-refractivity contribution in [3.05, 3.63) is 12.2 Å². The SMILES string of the molecule is C=C1CCCC(C)(C)[C@@H]2CC[C@@](C)(C3[C@@H]4OC(=O)[C@@H](OC(C)=O)[C@H]3[C@H](OC(C)=O)O4)[C@H]12. The van der Waals surface area contributed by atoms with Gasteiger partial charge < -0.3 is 18.9 Å². The van der Waals surface area contributed by atoms with Crippen LogP contribution in [0.4, 0.5) is 0 Å². The molecule has 2 aliphatic carbocycles. The Balaban J connectivity index is 1.76. The highest BCUT2D eigenvalue weighted by atomic mass is 16.8. The van der Waals surface area contributed by atoms with E-state index < -0.39 is 42.5 Å². The summed E-state index contributed by atoms with van der Waals surface area (Å²) in [6, 6.07) is 0. The first-order chi connectivity index (χ1) is 14.5. The lowest BCUT2D eigenvalue weighted by atomic mass is 9.58. The van der Waals surface area contributed by atoms with E-state index in [0.29, 0.717) is 5.92 Å². The van der Waals surface area contributed by atoms with Crippen LogP contribution in [0.3, 0.4) is 0 Å². The highest BCUT2D eigenvalue weighted by Gasteiger charge is 2.68. The molecule has 172 valence electrons. The van der Waals surface area contributed by atoms with Gasteiger partial charge in [-0.25, -0.2) is 4.79 Å². The summed E-state index contributed by atoms with van der Waals surface area (Å²) >= 11 is 0. The Bertz CT molecular complexity index is 802. The first kappa shape index (κ1) is 22.3. The highest BCUT2D eigenvalue weighted by molar-refractivity contribution is 5.80. The Morgan fingerprint density at radius 1 is 1.10 bits per heavy atom. The van der Waals surface area contributed by atoms with Crippen molar-refractivity contribution in [2.75, 3.05) is 0 Å². The maximum absolute atomic E-state index is 12.7. The van der Waals surface area contributed by atoms with Crippen molar-refractivity contribution in [2.24, 2.45) is 34.5 Å². The van der Waals surface area contributed by atoms with Crippen molar-refractivity contribution in [3.8, 4) is 0 Å². The molecular formula is C24H34O7. The molecule has 0 amide bonds. The van der Waals surface area contributed by atoms with Crippen LogP contribution in [0.2, 0.25) is 0 Å². The minimum absolute atomic E-state index is 0.178. The van der Waals surface area contributed by atoms with E-state index in [1.165, 1.54) is 19.4 Å². The average Bonchev–Trinajstić information content (AvgIpc) is 3.10. The lowest BCUT2D eigenvalue weighted by Gasteiger charge is -2.47. The van der Waals surface area contributed by atoms with E-state index >= 15 is 0 Å². The Morgan fingerprint density at radius 3 is 2.42 bits per heavy atom. The van der Waals surface area contributed by atoms with E-state index in [-0.39, 0.29) is 22.7 Å². The monoisotopic (exact) mass is 434 g/mol. The summed E-state index contributed by atoms with van der Waals surface area (Å²) in [5, 5.41) is 0. The number of esters is 3. The van der Waals surface area contributed by atoms with Crippen molar-refractivity contribution in [3.63, 3.8) is 0 Å². The van der Waals surface area contributed by atoms with Crippen LogP contribution in [0.5, 0.6) is 0 Å². The molecule has 4 rings (SSSR count). The number of hydrogen-bond acceptors (Lipinski definition) is 7. The van der Waals surface area contributed by atoms with Gasteiger partial charge in [0, 0.05) is 19.8 Å². The van der Waals surface area contributed by atoms with E-state index in [1.807, 2.05) is 0 Å². The van der Waals surface area contributed by atoms with Gasteiger partial charge in [-0.3, -0.25) is 9.59 Å². The van der Waals surface area contributed by atoms with Crippen LogP contribution in [-0.2, 0) is 33.3 Å². The third-order valence-corrected chi connectivity index (χ3v) is 8.31. The fourth-order valence-corrected chi connectivity index (χ4v) is 7.08. The van der Waals surface area contributed by atoms with Crippen LogP contribution in [0.25, 0.3) is 0 Å². The largest absolute Gasteiger partial charge is 0.450 e. The van der Waals surface area contributed by atoms with Crippen molar-refractivity contribution in [1.29, 1.82) is 0 Å². The molecule has 0 N–H and O–H groups in total. The minimum atomic E-state index is -1.16. The number of fused-ring (bicyclic) bond motifs is 3. The van der Waals surface area contributed by atoms with Gasteiger partial charge in [0.2, 0.25) is 18.7 Å². The molecule has 2 saturated carbocycles. The molecule has 4 fully saturated rings. The molecule has 2 bridgehead atoms. The maximum atomic E-state index is 12.7. The number of carbonyl (C=O) groups excluding carboxylic acids is 3. The number of carbonyl (C=O) groups is 3. The molecule has 2 aliphatic heterocycles. The van der Waals surface area contributed by atoms with Crippen LogP contribution in [0.15, 0.2) is 12.2 Å². The topological polar surface area (TPSA) is 88.1 Å². The Kier molecular flexibility index (Phi) is 5.48. The predicted octanol–water partition coefficient (Wildman–Crippen LogP) is 3.75. The molecule has 2 heterocycles. The molecule has 2 saturated heterocycles. The smallest absolute Gasteiger partial charge is 0.350 e. The molecule has 0 spiro atoms. The zero-order valence-corrected chi connectivity index (χ0v) is 19.1. The van der Waals surface area contributed by atoms with E-state index in [2.05, 4.69) is 27.4 Å². The molecular weight excluding hydrogens is 400 g/mol. The first-order valence-corrected chi connectivity index (χ1v) is 11.3. The molecule has 31 heavy (non-hydrogen) atoms. The van der Waals surface area contributed by atoms with E-state index in [0.717, 1.165) is 32.1 Å². The second-order valence-corrected chi connectivity index (χ2v) is 10.7. The van der Waals surface area contributed by atoms with E-state index in [4.69, 9.17) is 18.9 Å².